The molecule has 2 N–H and O–H groups in total. The SMILES string of the molecule is COc1ccc(NC(=O)c2cncc(Nc3ccc(OC)c(OC)c3)c2)cc1. The fourth-order valence-electron chi connectivity index (χ4n) is 2.59. The number of methoxy groups -OCH3 is 3. The number of benzene rings is 2. The molecule has 0 aliphatic rings. The minimum Gasteiger partial charge on any atom is -0.497 e. The molecule has 0 saturated heterocycles. The Kier molecular flexibility index (Phi) is 5.96. The Morgan fingerprint density at radius 2 is 1.50 bits per heavy atom. The van der Waals surface area contributed by atoms with E-state index in [1.54, 1.807) is 63.9 Å². The molecule has 0 atom stereocenters. The van der Waals surface area contributed by atoms with Crippen LogP contribution < -0.4 is 24.8 Å². The van der Waals surface area contributed by atoms with Gasteiger partial charge in [0.1, 0.15) is 5.75 Å². The number of anilines is 3. The molecule has 0 bridgehead atoms. The van der Waals surface area contributed by atoms with Crippen molar-refractivity contribution in [3.05, 3.63) is 66.5 Å². The van der Waals surface area contributed by atoms with Crippen molar-refractivity contribution in [3.63, 3.8) is 0 Å². The number of carbonyl (C=O) groups is 1. The summed E-state index contributed by atoms with van der Waals surface area (Å²) in [6, 6.07) is 14.3. The molecule has 0 saturated carbocycles. The highest BCUT2D eigenvalue weighted by molar-refractivity contribution is 6.04. The van der Waals surface area contributed by atoms with Crippen molar-refractivity contribution < 1.29 is 19.0 Å². The van der Waals surface area contributed by atoms with E-state index in [4.69, 9.17) is 14.2 Å². The summed E-state index contributed by atoms with van der Waals surface area (Å²) in [5, 5.41) is 6.04. The van der Waals surface area contributed by atoms with Crippen LogP contribution in [0.15, 0.2) is 60.9 Å². The normalized spacial score (nSPS) is 10.1. The quantitative estimate of drug-likeness (QED) is 0.643. The van der Waals surface area contributed by atoms with Gasteiger partial charge in [0, 0.05) is 23.6 Å². The molecule has 2 aromatic carbocycles. The molecule has 0 radical (unpaired) electrons. The highest BCUT2D eigenvalue weighted by atomic mass is 16.5. The Balaban J connectivity index is 1.73. The highest BCUT2D eigenvalue weighted by Gasteiger charge is 2.09. The van der Waals surface area contributed by atoms with E-state index in [0.717, 1.165) is 11.4 Å². The van der Waals surface area contributed by atoms with Crippen molar-refractivity contribution in [3.8, 4) is 17.2 Å². The summed E-state index contributed by atoms with van der Waals surface area (Å²) in [4.78, 5) is 16.7. The number of hydrogen-bond acceptors (Lipinski definition) is 6. The molecular weight excluding hydrogens is 358 g/mol. The lowest BCUT2D eigenvalue weighted by atomic mass is 10.2. The standard InChI is InChI=1S/C21H21N3O4/c1-26-18-7-4-15(5-8-18)24-21(25)14-10-17(13-22-12-14)23-16-6-9-19(27-2)20(11-16)28-3/h4-13,23H,1-3H3,(H,24,25). The van der Waals surface area contributed by atoms with Crippen LogP contribution in [0.5, 0.6) is 17.2 Å². The Labute approximate surface area is 163 Å². The summed E-state index contributed by atoms with van der Waals surface area (Å²) >= 11 is 0. The topological polar surface area (TPSA) is 81.7 Å². The number of amides is 1. The lowest BCUT2D eigenvalue weighted by Gasteiger charge is -2.12. The zero-order chi connectivity index (χ0) is 19.9. The van der Waals surface area contributed by atoms with Gasteiger partial charge >= 0.3 is 0 Å². The zero-order valence-electron chi connectivity index (χ0n) is 15.9. The second kappa shape index (κ2) is 8.77. The van der Waals surface area contributed by atoms with Crippen LogP contribution in [0, 0.1) is 0 Å². The van der Waals surface area contributed by atoms with E-state index in [1.165, 1.54) is 6.20 Å². The highest BCUT2D eigenvalue weighted by Crippen LogP contribution is 2.31. The number of carbonyl (C=O) groups excluding carboxylic acids is 1. The first-order chi connectivity index (χ1) is 13.6. The fourth-order valence-corrected chi connectivity index (χ4v) is 2.59. The molecule has 1 amide bonds. The predicted octanol–water partition coefficient (Wildman–Crippen LogP) is 4.10. The number of rotatable bonds is 7. The third-order valence-electron chi connectivity index (χ3n) is 4.02. The first-order valence-electron chi connectivity index (χ1n) is 8.52. The maximum absolute atomic E-state index is 12.5. The second-order valence-electron chi connectivity index (χ2n) is 5.84. The monoisotopic (exact) mass is 379 g/mol. The molecule has 7 heteroatoms. The number of aromatic nitrogens is 1. The van der Waals surface area contributed by atoms with E-state index in [-0.39, 0.29) is 5.91 Å². The van der Waals surface area contributed by atoms with Crippen LogP contribution in [0.2, 0.25) is 0 Å². The number of nitrogens with zero attached hydrogens (tertiary/aromatic N) is 1. The molecule has 1 heterocycles. The van der Waals surface area contributed by atoms with Gasteiger partial charge in [-0.25, -0.2) is 0 Å². The van der Waals surface area contributed by atoms with Crippen LogP contribution >= 0.6 is 0 Å². The van der Waals surface area contributed by atoms with Crippen molar-refractivity contribution in [1.82, 2.24) is 4.98 Å². The molecule has 3 aromatic rings. The molecule has 3 rings (SSSR count). The molecule has 0 unspecified atom stereocenters. The summed E-state index contributed by atoms with van der Waals surface area (Å²) < 4.78 is 15.7. The zero-order valence-corrected chi connectivity index (χ0v) is 15.9. The van der Waals surface area contributed by atoms with E-state index >= 15 is 0 Å². The number of nitrogens with one attached hydrogen (secondary N) is 2. The van der Waals surface area contributed by atoms with Crippen LogP contribution in [0.3, 0.4) is 0 Å². The molecule has 28 heavy (non-hydrogen) atoms. The summed E-state index contributed by atoms with van der Waals surface area (Å²) in [5.74, 6) is 1.71. The average Bonchev–Trinajstić information content (AvgIpc) is 2.74. The van der Waals surface area contributed by atoms with E-state index < -0.39 is 0 Å². The molecule has 0 fully saturated rings. The first-order valence-corrected chi connectivity index (χ1v) is 8.52. The first kappa shape index (κ1) is 19.0. The Bertz CT molecular complexity index is 958. The maximum atomic E-state index is 12.5. The van der Waals surface area contributed by atoms with Gasteiger partial charge in [-0.1, -0.05) is 0 Å². The van der Waals surface area contributed by atoms with Crippen molar-refractivity contribution in [2.75, 3.05) is 32.0 Å². The van der Waals surface area contributed by atoms with Gasteiger partial charge in [0.2, 0.25) is 0 Å². The van der Waals surface area contributed by atoms with Crippen molar-refractivity contribution in [2.45, 2.75) is 0 Å². The predicted molar refractivity (Wildman–Crippen MR) is 108 cm³/mol. The van der Waals surface area contributed by atoms with E-state index in [0.29, 0.717) is 28.4 Å². The van der Waals surface area contributed by atoms with Gasteiger partial charge in [-0.15, -0.1) is 0 Å². The fraction of sp³-hybridized carbons (Fsp3) is 0.143. The maximum Gasteiger partial charge on any atom is 0.257 e. The van der Waals surface area contributed by atoms with Gasteiger partial charge < -0.3 is 24.8 Å². The van der Waals surface area contributed by atoms with Gasteiger partial charge in [0.05, 0.1) is 38.8 Å². The third kappa shape index (κ3) is 4.50. The average molecular weight is 379 g/mol. The molecule has 7 nitrogen and oxygen atoms in total. The molecule has 0 aliphatic heterocycles. The summed E-state index contributed by atoms with van der Waals surface area (Å²) in [5.41, 5.74) is 2.56. The van der Waals surface area contributed by atoms with Crippen LogP contribution in [-0.2, 0) is 0 Å². The third-order valence-corrected chi connectivity index (χ3v) is 4.02. The van der Waals surface area contributed by atoms with Crippen molar-refractivity contribution in [2.24, 2.45) is 0 Å². The lowest BCUT2D eigenvalue weighted by Crippen LogP contribution is -2.12. The number of hydrogen-bond donors (Lipinski definition) is 2. The largest absolute Gasteiger partial charge is 0.497 e. The van der Waals surface area contributed by atoms with Crippen LogP contribution in [-0.4, -0.2) is 32.2 Å². The van der Waals surface area contributed by atoms with Gasteiger partial charge in [0.25, 0.3) is 5.91 Å². The van der Waals surface area contributed by atoms with E-state index in [2.05, 4.69) is 15.6 Å². The summed E-state index contributed by atoms with van der Waals surface area (Å²) in [6.45, 7) is 0. The minimum atomic E-state index is -0.256. The molecule has 0 spiro atoms. The molecule has 1 aromatic heterocycles. The van der Waals surface area contributed by atoms with Crippen LogP contribution in [0.1, 0.15) is 10.4 Å². The smallest absolute Gasteiger partial charge is 0.257 e. The van der Waals surface area contributed by atoms with E-state index in [1.807, 2.05) is 12.1 Å². The number of pyridine rings is 1. The van der Waals surface area contributed by atoms with Crippen molar-refractivity contribution >= 4 is 23.0 Å². The molecule has 144 valence electrons. The Morgan fingerprint density at radius 1 is 0.786 bits per heavy atom. The Hall–Kier alpha value is -3.74. The Morgan fingerprint density at radius 3 is 2.18 bits per heavy atom. The van der Waals surface area contributed by atoms with Crippen LogP contribution in [0.4, 0.5) is 17.1 Å². The summed E-state index contributed by atoms with van der Waals surface area (Å²) in [6.07, 6.45) is 3.15. The van der Waals surface area contributed by atoms with Gasteiger partial charge in [0.15, 0.2) is 11.5 Å². The summed E-state index contributed by atoms with van der Waals surface area (Å²) in [7, 11) is 4.75. The minimum absolute atomic E-state index is 0.256. The van der Waals surface area contributed by atoms with Gasteiger partial charge in [-0.05, 0) is 42.5 Å². The number of ether oxygens (including phenoxy) is 3. The van der Waals surface area contributed by atoms with Gasteiger partial charge in [-0.2, -0.15) is 0 Å². The van der Waals surface area contributed by atoms with Gasteiger partial charge in [-0.3, -0.25) is 9.78 Å². The van der Waals surface area contributed by atoms with E-state index in [9.17, 15) is 4.79 Å². The second-order valence-corrected chi connectivity index (χ2v) is 5.84. The molecular formula is C21H21N3O4. The lowest BCUT2D eigenvalue weighted by molar-refractivity contribution is 0.102. The van der Waals surface area contributed by atoms with Crippen molar-refractivity contribution in [1.29, 1.82) is 0 Å². The van der Waals surface area contributed by atoms with Crippen LogP contribution in [0.25, 0.3) is 0 Å². The molecule has 0 aliphatic carbocycles.